The lowest BCUT2D eigenvalue weighted by Crippen LogP contribution is -2.50. The summed E-state index contributed by atoms with van der Waals surface area (Å²) < 4.78 is 0. The van der Waals surface area contributed by atoms with Gasteiger partial charge in [0.05, 0.1) is 18.8 Å². The minimum Gasteiger partial charge on any atom is -0.394 e. The van der Waals surface area contributed by atoms with E-state index in [0.717, 1.165) is 38.5 Å². The molecule has 0 aliphatic rings. The number of hydrogen-bond donors (Lipinski definition) is 4. The minimum absolute atomic E-state index is 0.155. The van der Waals surface area contributed by atoms with Gasteiger partial charge in [0.15, 0.2) is 0 Å². The van der Waals surface area contributed by atoms with Crippen LogP contribution in [0.5, 0.6) is 0 Å². The topological polar surface area (TPSA) is 89.8 Å². The minimum atomic E-state index is -1.16. The lowest BCUT2D eigenvalue weighted by molar-refractivity contribution is -0.124. The van der Waals surface area contributed by atoms with Crippen molar-refractivity contribution < 1.29 is 20.1 Å². The maximum absolute atomic E-state index is 12.5. The summed E-state index contributed by atoms with van der Waals surface area (Å²) in [5.74, 6) is -0.155. The van der Waals surface area contributed by atoms with E-state index in [1.807, 2.05) is 0 Å². The first kappa shape index (κ1) is 53.8. The summed E-state index contributed by atoms with van der Waals surface area (Å²) in [6.45, 7) is 4.19. The summed E-state index contributed by atoms with van der Waals surface area (Å²) in [7, 11) is 0. The van der Waals surface area contributed by atoms with Crippen molar-refractivity contribution in [2.24, 2.45) is 0 Å². The van der Waals surface area contributed by atoms with E-state index >= 15 is 0 Å². The Bertz CT molecular complexity index is 814. The highest BCUT2D eigenvalue weighted by molar-refractivity contribution is 5.76. The van der Waals surface area contributed by atoms with E-state index in [2.05, 4.69) is 43.5 Å². The number of rotatable bonds is 45. The van der Waals surface area contributed by atoms with E-state index in [1.165, 1.54) is 199 Å². The number of aliphatic hydroxyl groups is 3. The summed E-state index contributed by atoms with van der Waals surface area (Å²) in [6, 6.07) is -0.826. The van der Waals surface area contributed by atoms with E-state index in [-0.39, 0.29) is 12.5 Å². The van der Waals surface area contributed by atoms with Gasteiger partial charge in [-0.05, 0) is 64.2 Å². The van der Waals surface area contributed by atoms with E-state index < -0.39 is 18.2 Å². The van der Waals surface area contributed by atoms with Crippen molar-refractivity contribution in [2.75, 3.05) is 6.61 Å². The molecule has 0 spiro atoms. The van der Waals surface area contributed by atoms with Crippen LogP contribution in [0.2, 0.25) is 0 Å². The number of nitrogens with one attached hydrogen (secondary N) is 1. The van der Waals surface area contributed by atoms with Crippen LogP contribution in [0.3, 0.4) is 0 Å². The molecule has 0 aromatic carbocycles. The van der Waals surface area contributed by atoms with Crippen LogP contribution in [0.25, 0.3) is 0 Å². The molecule has 0 aromatic heterocycles. The number of unbranched alkanes of at least 4 members (excludes halogenated alkanes) is 33. The van der Waals surface area contributed by atoms with Gasteiger partial charge in [0.25, 0.3) is 0 Å². The Kier molecular flexibility index (Phi) is 44.6. The molecule has 0 fully saturated rings. The summed E-state index contributed by atoms with van der Waals surface area (Å²) in [5.41, 5.74) is 0. The average molecular weight is 776 g/mol. The van der Waals surface area contributed by atoms with E-state index in [4.69, 9.17) is 0 Å². The van der Waals surface area contributed by atoms with E-state index in [0.29, 0.717) is 12.8 Å². The van der Waals surface area contributed by atoms with Crippen molar-refractivity contribution in [2.45, 2.75) is 283 Å². The third-order valence-corrected chi connectivity index (χ3v) is 11.5. The van der Waals surface area contributed by atoms with Crippen LogP contribution in [0.4, 0.5) is 0 Å². The average Bonchev–Trinajstić information content (AvgIpc) is 3.19. The number of amides is 1. The van der Waals surface area contributed by atoms with Crippen LogP contribution in [0.15, 0.2) is 24.3 Å². The fraction of sp³-hybridized carbons (Fsp3) is 0.900. The summed E-state index contributed by atoms with van der Waals surface area (Å²) in [6.07, 6.45) is 55.9. The van der Waals surface area contributed by atoms with Crippen LogP contribution in [0.1, 0.15) is 264 Å². The van der Waals surface area contributed by atoms with E-state index in [9.17, 15) is 20.1 Å². The predicted octanol–water partition coefficient (Wildman–Crippen LogP) is 14.6. The van der Waals surface area contributed by atoms with Crippen molar-refractivity contribution in [1.82, 2.24) is 5.32 Å². The van der Waals surface area contributed by atoms with Gasteiger partial charge in [-0.15, -0.1) is 0 Å². The standard InChI is InChI=1S/C50H97NO4/c1-3-5-7-9-11-13-15-17-19-21-22-23-24-25-26-27-29-31-33-35-37-39-41-43-45-49(54)51-47(46-52)50(55)48(53)44-42-40-38-36-34-32-30-28-20-18-16-14-12-10-8-6-4-2/h25-26,36,38,47-48,50,52-53,55H,3-24,27-35,37,39-46H2,1-2H3,(H,51,54)/b26-25-,38-36+. The third kappa shape index (κ3) is 40.8. The largest absolute Gasteiger partial charge is 0.394 e. The molecule has 326 valence electrons. The number of carbonyl (C=O) groups excluding carboxylic acids is 1. The molecule has 3 atom stereocenters. The molecule has 0 aliphatic carbocycles. The molecule has 5 nitrogen and oxygen atoms in total. The van der Waals surface area contributed by atoms with Gasteiger partial charge in [-0.2, -0.15) is 0 Å². The molecule has 0 bridgehead atoms. The number of aliphatic hydroxyl groups excluding tert-OH is 3. The fourth-order valence-electron chi connectivity index (χ4n) is 7.69. The van der Waals surface area contributed by atoms with Gasteiger partial charge in [-0.25, -0.2) is 0 Å². The van der Waals surface area contributed by atoms with Crippen molar-refractivity contribution in [3.63, 3.8) is 0 Å². The van der Waals surface area contributed by atoms with Crippen molar-refractivity contribution in [3.8, 4) is 0 Å². The summed E-state index contributed by atoms with van der Waals surface area (Å²) in [5, 5.41) is 33.6. The van der Waals surface area contributed by atoms with Crippen molar-refractivity contribution in [3.05, 3.63) is 24.3 Å². The first-order valence-corrected chi connectivity index (χ1v) is 24.6. The fourth-order valence-corrected chi connectivity index (χ4v) is 7.69. The van der Waals surface area contributed by atoms with Crippen LogP contribution < -0.4 is 5.32 Å². The molecule has 4 N–H and O–H groups in total. The lowest BCUT2D eigenvalue weighted by Gasteiger charge is -2.26. The van der Waals surface area contributed by atoms with Gasteiger partial charge in [-0.1, -0.05) is 218 Å². The second kappa shape index (κ2) is 45.5. The Morgan fingerprint density at radius 3 is 1.05 bits per heavy atom. The SMILES string of the molecule is CCCCCCCCCCCCCC/C=C\CCCCCCCCCCC(=O)NC(CO)C(O)C(O)CCC/C=C/CCCCCCCCCCCCCC. The summed E-state index contributed by atoms with van der Waals surface area (Å²) in [4.78, 5) is 12.5. The molecule has 0 rings (SSSR count). The zero-order valence-corrected chi connectivity index (χ0v) is 37.1. The Morgan fingerprint density at radius 2 is 0.727 bits per heavy atom. The maximum Gasteiger partial charge on any atom is 0.220 e. The Morgan fingerprint density at radius 1 is 0.436 bits per heavy atom. The number of allylic oxidation sites excluding steroid dienone is 4. The third-order valence-electron chi connectivity index (χ3n) is 11.5. The smallest absolute Gasteiger partial charge is 0.220 e. The molecule has 0 saturated carbocycles. The molecule has 3 unspecified atom stereocenters. The zero-order valence-electron chi connectivity index (χ0n) is 37.1. The normalized spacial score (nSPS) is 13.6. The first-order valence-electron chi connectivity index (χ1n) is 24.6. The Balaban J connectivity index is 3.61. The molecule has 0 saturated heterocycles. The monoisotopic (exact) mass is 776 g/mol. The van der Waals surface area contributed by atoms with Crippen LogP contribution >= 0.6 is 0 Å². The van der Waals surface area contributed by atoms with Gasteiger partial charge < -0.3 is 20.6 Å². The molecular weight excluding hydrogens is 679 g/mol. The molecule has 0 heterocycles. The quantitative estimate of drug-likeness (QED) is 0.0366. The van der Waals surface area contributed by atoms with Gasteiger partial charge >= 0.3 is 0 Å². The van der Waals surface area contributed by atoms with Gasteiger partial charge in [0, 0.05) is 6.42 Å². The van der Waals surface area contributed by atoms with Gasteiger partial charge in [0.1, 0.15) is 6.10 Å². The van der Waals surface area contributed by atoms with Crippen LogP contribution in [0, 0.1) is 0 Å². The number of carbonyl (C=O) groups is 1. The maximum atomic E-state index is 12.5. The van der Waals surface area contributed by atoms with Gasteiger partial charge in [-0.3, -0.25) is 4.79 Å². The Labute approximate surface area is 343 Å². The van der Waals surface area contributed by atoms with E-state index in [1.54, 1.807) is 0 Å². The molecule has 5 heteroatoms. The van der Waals surface area contributed by atoms with Crippen LogP contribution in [-0.2, 0) is 4.79 Å². The lowest BCUT2D eigenvalue weighted by atomic mass is 10.0. The molecule has 0 aromatic rings. The number of hydrogen-bond acceptors (Lipinski definition) is 4. The van der Waals surface area contributed by atoms with Crippen molar-refractivity contribution in [1.29, 1.82) is 0 Å². The highest BCUT2D eigenvalue weighted by atomic mass is 16.3. The second-order valence-corrected chi connectivity index (χ2v) is 17.0. The zero-order chi connectivity index (χ0) is 40.1. The van der Waals surface area contributed by atoms with Gasteiger partial charge in [0.2, 0.25) is 5.91 Å². The predicted molar refractivity (Wildman–Crippen MR) is 241 cm³/mol. The molecular formula is C50H97NO4. The molecule has 1 amide bonds. The molecule has 0 radical (unpaired) electrons. The Hall–Kier alpha value is -1.17. The first-order chi connectivity index (χ1) is 27.1. The molecule has 55 heavy (non-hydrogen) atoms. The molecule has 0 aliphatic heterocycles. The second-order valence-electron chi connectivity index (χ2n) is 17.0. The summed E-state index contributed by atoms with van der Waals surface area (Å²) >= 11 is 0. The van der Waals surface area contributed by atoms with Crippen molar-refractivity contribution >= 4 is 5.91 Å². The van der Waals surface area contributed by atoms with Crippen LogP contribution in [-0.4, -0.2) is 46.1 Å². The highest BCUT2D eigenvalue weighted by Crippen LogP contribution is 2.16. The highest BCUT2D eigenvalue weighted by Gasteiger charge is 2.26.